The standard InChI is InChI=1S/C18H32N6O2S.HI/c1-4-15-21-18(27-22-15)24-13-11-23(12-14-24)17(19-2)20-10-8-6-5-7-9-16(25)26-3;/h4-14H2,1-3H3,(H,19,20);1H. The van der Waals surface area contributed by atoms with E-state index in [-0.39, 0.29) is 29.9 Å². The fraction of sp³-hybridized carbons (Fsp3) is 0.778. The Balaban J connectivity index is 0.00000392. The fourth-order valence-corrected chi connectivity index (χ4v) is 3.81. The van der Waals surface area contributed by atoms with Gasteiger partial charge in [0.25, 0.3) is 0 Å². The molecule has 8 nitrogen and oxygen atoms in total. The average molecular weight is 524 g/mol. The van der Waals surface area contributed by atoms with E-state index in [4.69, 9.17) is 0 Å². The van der Waals surface area contributed by atoms with Crippen LogP contribution in [0.1, 0.15) is 44.9 Å². The summed E-state index contributed by atoms with van der Waals surface area (Å²) in [6.07, 6.45) is 5.53. The third-order valence-corrected chi connectivity index (χ3v) is 5.47. The molecule has 1 fully saturated rings. The van der Waals surface area contributed by atoms with Gasteiger partial charge in [0.05, 0.1) is 7.11 Å². The van der Waals surface area contributed by atoms with E-state index in [0.717, 1.165) is 81.7 Å². The van der Waals surface area contributed by atoms with Gasteiger partial charge in [-0.15, -0.1) is 24.0 Å². The number of aryl methyl sites for hydroxylation is 1. The number of hydrogen-bond acceptors (Lipinski definition) is 7. The Morgan fingerprint density at radius 1 is 1.21 bits per heavy atom. The van der Waals surface area contributed by atoms with E-state index in [0.29, 0.717) is 6.42 Å². The van der Waals surface area contributed by atoms with Crippen molar-refractivity contribution < 1.29 is 9.53 Å². The zero-order valence-electron chi connectivity index (χ0n) is 17.1. The second-order valence-corrected chi connectivity index (χ2v) is 7.27. The minimum absolute atomic E-state index is 0. The lowest BCUT2D eigenvalue weighted by atomic mass is 10.1. The summed E-state index contributed by atoms with van der Waals surface area (Å²) in [7, 11) is 3.28. The van der Waals surface area contributed by atoms with Crippen molar-refractivity contribution in [3.63, 3.8) is 0 Å². The molecule has 1 aliphatic rings. The van der Waals surface area contributed by atoms with Gasteiger partial charge >= 0.3 is 5.97 Å². The SMILES string of the molecule is CCc1nsc(N2CCN(C(=NC)NCCCCCCC(=O)OC)CC2)n1.I. The minimum atomic E-state index is -0.118. The monoisotopic (exact) mass is 524 g/mol. The van der Waals surface area contributed by atoms with Crippen molar-refractivity contribution in [2.24, 2.45) is 4.99 Å². The Kier molecular flexibility index (Phi) is 12.4. The highest BCUT2D eigenvalue weighted by molar-refractivity contribution is 14.0. The molecule has 1 saturated heterocycles. The van der Waals surface area contributed by atoms with Gasteiger partial charge in [-0.05, 0) is 12.8 Å². The Labute approximate surface area is 189 Å². The largest absolute Gasteiger partial charge is 0.469 e. The van der Waals surface area contributed by atoms with Crippen molar-refractivity contribution in [2.45, 2.75) is 45.4 Å². The van der Waals surface area contributed by atoms with Crippen LogP contribution in [0.4, 0.5) is 5.13 Å². The van der Waals surface area contributed by atoms with E-state index in [9.17, 15) is 4.79 Å². The van der Waals surface area contributed by atoms with Gasteiger partial charge in [0.2, 0.25) is 5.13 Å². The zero-order chi connectivity index (χ0) is 19.5. The molecular formula is C18H33IN6O2S. The molecule has 1 aromatic heterocycles. The molecule has 10 heteroatoms. The molecule has 0 aliphatic carbocycles. The number of piperazine rings is 1. The summed E-state index contributed by atoms with van der Waals surface area (Å²) in [5.74, 6) is 1.78. The lowest BCUT2D eigenvalue weighted by Gasteiger charge is -2.36. The number of unbranched alkanes of at least 4 members (excludes halogenated alkanes) is 3. The Morgan fingerprint density at radius 3 is 2.54 bits per heavy atom. The minimum Gasteiger partial charge on any atom is -0.469 e. The van der Waals surface area contributed by atoms with Gasteiger partial charge in [-0.1, -0.05) is 19.8 Å². The van der Waals surface area contributed by atoms with Crippen molar-refractivity contribution >= 4 is 52.6 Å². The molecule has 0 bridgehead atoms. The Hall–Kier alpha value is -1.17. The van der Waals surface area contributed by atoms with Crippen LogP contribution in [-0.4, -0.2) is 73.1 Å². The first-order valence-corrected chi connectivity index (χ1v) is 10.5. The van der Waals surface area contributed by atoms with Crippen molar-refractivity contribution in [3.8, 4) is 0 Å². The molecule has 1 N–H and O–H groups in total. The number of halogens is 1. The second-order valence-electron chi connectivity index (χ2n) is 6.54. The normalized spacial score (nSPS) is 14.6. The molecular weight excluding hydrogens is 491 g/mol. The van der Waals surface area contributed by atoms with Crippen LogP contribution in [0.25, 0.3) is 0 Å². The number of methoxy groups -OCH3 is 1. The summed E-state index contributed by atoms with van der Waals surface area (Å²) >= 11 is 1.49. The number of ether oxygens (including phenoxy) is 1. The number of esters is 1. The molecule has 0 radical (unpaired) electrons. The first-order valence-electron chi connectivity index (χ1n) is 9.77. The van der Waals surface area contributed by atoms with Gasteiger partial charge in [-0.2, -0.15) is 4.37 Å². The van der Waals surface area contributed by atoms with Gasteiger partial charge in [0, 0.05) is 64.1 Å². The van der Waals surface area contributed by atoms with Gasteiger partial charge < -0.3 is 19.9 Å². The zero-order valence-corrected chi connectivity index (χ0v) is 20.3. The highest BCUT2D eigenvalue weighted by Crippen LogP contribution is 2.19. The van der Waals surface area contributed by atoms with Crippen LogP contribution < -0.4 is 10.2 Å². The molecule has 0 unspecified atom stereocenters. The van der Waals surface area contributed by atoms with Crippen LogP contribution in [0.5, 0.6) is 0 Å². The van der Waals surface area contributed by atoms with E-state index < -0.39 is 0 Å². The van der Waals surface area contributed by atoms with E-state index >= 15 is 0 Å². The third-order valence-electron chi connectivity index (χ3n) is 4.65. The van der Waals surface area contributed by atoms with Crippen LogP contribution >= 0.6 is 35.5 Å². The molecule has 0 spiro atoms. The number of aromatic nitrogens is 2. The topological polar surface area (TPSA) is 83.0 Å². The van der Waals surface area contributed by atoms with Crippen LogP contribution in [0.15, 0.2) is 4.99 Å². The molecule has 0 amide bonds. The van der Waals surface area contributed by atoms with E-state index in [2.05, 4.69) is 41.1 Å². The number of hydrogen-bond donors (Lipinski definition) is 1. The van der Waals surface area contributed by atoms with Gasteiger partial charge in [0.1, 0.15) is 5.82 Å². The quantitative estimate of drug-likeness (QED) is 0.175. The smallest absolute Gasteiger partial charge is 0.305 e. The van der Waals surface area contributed by atoms with E-state index in [1.54, 1.807) is 0 Å². The second kappa shape index (κ2) is 13.9. The van der Waals surface area contributed by atoms with Crippen LogP contribution in [0.3, 0.4) is 0 Å². The lowest BCUT2D eigenvalue weighted by molar-refractivity contribution is -0.140. The third kappa shape index (κ3) is 8.06. The number of aliphatic imine (C=N–C) groups is 1. The summed E-state index contributed by atoms with van der Waals surface area (Å²) in [6, 6.07) is 0. The van der Waals surface area contributed by atoms with E-state index in [1.807, 2.05) is 7.05 Å². The van der Waals surface area contributed by atoms with Crippen molar-refractivity contribution in [3.05, 3.63) is 5.82 Å². The number of carbonyl (C=O) groups excluding carboxylic acids is 1. The van der Waals surface area contributed by atoms with Crippen molar-refractivity contribution in [1.82, 2.24) is 19.6 Å². The summed E-state index contributed by atoms with van der Waals surface area (Å²) in [6.45, 7) is 6.72. The van der Waals surface area contributed by atoms with E-state index in [1.165, 1.54) is 18.6 Å². The molecule has 0 atom stereocenters. The van der Waals surface area contributed by atoms with Crippen molar-refractivity contribution in [2.75, 3.05) is 51.8 Å². The average Bonchev–Trinajstić information content (AvgIpc) is 3.19. The molecule has 2 rings (SSSR count). The number of rotatable bonds is 9. The number of nitrogens with zero attached hydrogens (tertiary/aromatic N) is 5. The molecule has 2 heterocycles. The predicted molar refractivity (Wildman–Crippen MR) is 125 cm³/mol. The fourth-order valence-electron chi connectivity index (χ4n) is 3.01. The molecule has 160 valence electrons. The summed E-state index contributed by atoms with van der Waals surface area (Å²) in [4.78, 5) is 24.7. The highest BCUT2D eigenvalue weighted by Gasteiger charge is 2.21. The number of anilines is 1. The maximum Gasteiger partial charge on any atom is 0.305 e. The van der Waals surface area contributed by atoms with Gasteiger partial charge in [-0.3, -0.25) is 9.79 Å². The van der Waals surface area contributed by atoms with Gasteiger partial charge in [0.15, 0.2) is 5.96 Å². The summed E-state index contributed by atoms with van der Waals surface area (Å²) in [5, 5.41) is 4.49. The highest BCUT2D eigenvalue weighted by atomic mass is 127. The number of nitrogens with one attached hydrogen (secondary N) is 1. The first-order chi connectivity index (χ1) is 13.2. The molecule has 1 aliphatic heterocycles. The van der Waals surface area contributed by atoms with Crippen LogP contribution in [0, 0.1) is 0 Å². The van der Waals surface area contributed by atoms with Crippen molar-refractivity contribution in [1.29, 1.82) is 0 Å². The molecule has 1 aromatic rings. The number of guanidine groups is 1. The summed E-state index contributed by atoms with van der Waals surface area (Å²) in [5.41, 5.74) is 0. The number of carbonyl (C=O) groups is 1. The maximum atomic E-state index is 11.1. The Morgan fingerprint density at radius 2 is 1.93 bits per heavy atom. The van der Waals surface area contributed by atoms with Crippen LogP contribution in [0.2, 0.25) is 0 Å². The maximum absolute atomic E-state index is 11.1. The lowest BCUT2D eigenvalue weighted by Crippen LogP contribution is -2.52. The first kappa shape index (κ1) is 24.9. The summed E-state index contributed by atoms with van der Waals surface area (Å²) < 4.78 is 9.03. The van der Waals surface area contributed by atoms with Gasteiger partial charge in [-0.25, -0.2) is 4.98 Å². The molecule has 0 aromatic carbocycles. The predicted octanol–water partition coefficient (Wildman–Crippen LogP) is 2.54. The molecule has 0 saturated carbocycles. The van der Waals surface area contributed by atoms with Crippen LogP contribution in [-0.2, 0) is 16.0 Å². The Bertz CT molecular complexity index is 605. The molecule has 28 heavy (non-hydrogen) atoms.